The number of benzene rings is 2. The van der Waals surface area contributed by atoms with Gasteiger partial charge in [0.15, 0.2) is 0 Å². The van der Waals surface area contributed by atoms with Crippen LogP contribution in [0.25, 0.3) is 0 Å². The third-order valence-corrected chi connectivity index (χ3v) is 3.76. The number of nitrogens with one attached hydrogen (secondary N) is 2. The van der Waals surface area contributed by atoms with Gasteiger partial charge < -0.3 is 15.4 Å². The molecule has 0 unspecified atom stereocenters. The van der Waals surface area contributed by atoms with Crippen LogP contribution in [0.5, 0.6) is 0 Å². The summed E-state index contributed by atoms with van der Waals surface area (Å²) in [5.41, 5.74) is 2.38. The van der Waals surface area contributed by atoms with Gasteiger partial charge in [0.2, 0.25) is 0 Å². The average Bonchev–Trinajstić information content (AvgIpc) is 2.57. The first-order valence-electron chi connectivity index (χ1n) is 7.45. The molecule has 0 radical (unpaired) electrons. The van der Waals surface area contributed by atoms with Crippen molar-refractivity contribution in [2.45, 2.75) is 19.4 Å². The van der Waals surface area contributed by atoms with Crippen molar-refractivity contribution in [1.82, 2.24) is 5.32 Å². The van der Waals surface area contributed by atoms with Crippen molar-refractivity contribution in [3.63, 3.8) is 0 Å². The van der Waals surface area contributed by atoms with E-state index < -0.39 is 18.0 Å². The molecule has 0 saturated carbocycles. The molecule has 2 aromatic rings. The van der Waals surface area contributed by atoms with Crippen LogP contribution in [0.2, 0.25) is 5.02 Å². The Morgan fingerprint density at radius 3 is 2.54 bits per heavy atom. The summed E-state index contributed by atoms with van der Waals surface area (Å²) in [5, 5.41) is 5.87. The zero-order valence-corrected chi connectivity index (χ0v) is 14.3. The number of halogens is 1. The Bertz CT molecular complexity index is 719. The van der Waals surface area contributed by atoms with Gasteiger partial charge in [0.05, 0.1) is 7.11 Å². The Labute approximate surface area is 146 Å². The van der Waals surface area contributed by atoms with Crippen molar-refractivity contribution >= 4 is 29.3 Å². The summed E-state index contributed by atoms with van der Waals surface area (Å²) in [4.78, 5) is 24.2. The lowest BCUT2D eigenvalue weighted by Crippen LogP contribution is -2.45. The molecule has 126 valence electrons. The van der Waals surface area contributed by atoms with E-state index in [1.807, 2.05) is 37.3 Å². The highest BCUT2D eigenvalue weighted by atomic mass is 35.5. The zero-order valence-electron chi connectivity index (χ0n) is 13.5. The van der Waals surface area contributed by atoms with Gasteiger partial charge in [-0.1, -0.05) is 48.0 Å². The number of ether oxygens (including phenoxy) is 1. The lowest BCUT2D eigenvalue weighted by molar-refractivity contribution is -0.142. The monoisotopic (exact) mass is 346 g/mol. The van der Waals surface area contributed by atoms with Crippen molar-refractivity contribution < 1.29 is 14.3 Å². The summed E-state index contributed by atoms with van der Waals surface area (Å²) in [6.45, 7) is 1.85. The standard InChI is InChI=1S/C18H19ClN2O3/c1-12-8-9-14(19)11-15(12)20-18(23)21-16(17(22)24-2)10-13-6-4-3-5-7-13/h3-9,11,16H,10H2,1-2H3,(H2,20,21,23)/t16-/m0/s1. The molecule has 0 fully saturated rings. The predicted molar refractivity (Wildman–Crippen MR) is 94.3 cm³/mol. The van der Waals surface area contributed by atoms with Gasteiger partial charge >= 0.3 is 12.0 Å². The molecule has 0 aliphatic heterocycles. The maximum absolute atomic E-state index is 12.2. The van der Waals surface area contributed by atoms with Crippen LogP contribution in [0.4, 0.5) is 10.5 Å². The maximum Gasteiger partial charge on any atom is 0.328 e. The van der Waals surface area contributed by atoms with E-state index in [-0.39, 0.29) is 0 Å². The second-order valence-corrected chi connectivity index (χ2v) is 5.76. The molecule has 0 saturated heterocycles. The van der Waals surface area contributed by atoms with Gasteiger partial charge in [0, 0.05) is 17.1 Å². The molecule has 0 heterocycles. The molecular formula is C18H19ClN2O3. The molecule has 1 atom stereocenters. The van der Waals surface area contributed by atoms with E-state index in [0.29, 0.717) is 17.1 Å². The van der Waals surface area contributed by atoms with Crippen molar-refractivity contribution in [2.24, 2.45) is 0 Å². The zero-order chi connectivity index (χ0) is 17.5. The van der Waals surface area contributed by atoms with E-state index >= 15 is 0 Å². The molecule has 2 N–H and O–H groups in total. The first-order valence-corrected chi connectivity index (χ1v) is 7.83. The lowest BCUT2D eigenvalue weighted by atomic mass is 10.1. The van der Waals surface area contributed by atoms with Crippen molar-refractivity contribution in [1.29, 1.82) is 0 Å². The van der Waals surface area contributed by atoms with Gasteiger partial charge in [-0.25, -0.2) is 9.59 Å². The molecule has 2 rings (SSSR count). The molecule has 24 heavy (non-hydrogen) atoms. The fourth-order valence-electron chi connectivity index (χ4n) is 2.23. The number of anilines is 1. The molecule has 5 nitrogen and oxygen atoms in total. The SMILES string of the molecule is COC(=O)[C@H](Cc1ccccc1)NC(=O)Nc1cc(Cl)ccc1C. The van der Waals surface area contributed by atoms with Crippen molar-refractivity contribution in [3.8, 4) is 0 Å². The van der Waals surface area contributed by atoms with E-state index in [2.05, 4.69) is 10.6 Å². The van der Waals surface area contributed by atoms with Gasteiger partial charge in [0.25, 0.3) is 0 Å². The number of hydrogen-bond donors (Lipinski definition) is 2. The van der Waals surface area contributed by atoms with Crippen LogP contribution < -0.4 is 10.6 Å². The van der Waals surface area contributed by atoms with E-state index in [1.165, 1.54) is 7.11 Å². The normalized spacial score (nSPS) is 11.5. The number of methoxy groups -OCH3 is 1. The molecule has 0 aliphatic rings. The Hall–Kier alpha value is -2.53. The Morgan fingerprint density at radius 2 is 1.88 bits per heavy atom. The quantitative estimate of drug-likeness (QED) is 0.813. The maximum atomic E-state index is 12.2. The van der Waals surface area contributed by atoms with Crippen LogP contribution in [0, 0.1) is 6.92 Å². The summed E-state index contributed by atoms with van der Waals surface area (Å²) in [6, 6.07) is 13.3. The molecule has 0 spiro atoms. The minimum atomic E-state index is -0.781. The second kappa shape index (κ2) is 8.36. The molecule has 6 heteroatoms. The topological polar surface area (TPSA) is 67.4 Å². The number of esters is 1. The number of carbonyl (C=O) groups is 2. The van der Waals surface area contributed by atoms with Crippen LogP contribution in [0.1, 0.15) is 11.1 Å². The molecule has 0 bridgehead atoms. The van der Waals surface area contributed by atoms with Crippen molar-refractivity contribution in [2.75, 3.05) is 12.4 Å². The summed E-state index contributed by atoms with van der Waals surface area (Å²) in [6.07, 6.45) is 0.343. The number of carbonyl (C=O) groups excluding carboxylic acids is 2. The van der Waals surface area contributed by atoms with Gasteiger partial charge in [-0.05, 0) is 30.2 Å². The third-order valence-electron chi connectivity index (χ3n) is 3.52. The van der Waals surface area contributed by atoms with E-state index in [4.69, 9.17) is 16.3 Å². The average molecular weight is 347 g/mol. The van der Waals surface area contributed by atoms with Crippen molar-refractivity contribution in [3.05, 3.63) is 64.7 Å². The number of rotatable bonds is 5. The molecule has 2 aromatic carbocycles. The fourth-order valence-corrected chi connectivity index (χ4v) is 2.40. The predicted octanol–water partition coefficient (Wildman–Crippen LogP) is 3.55. The second-order valence-electron chi connectivity index (χ2n) is 5.32. The highest BCUT2D eigenvalue weighted by Gasteiger charge is 2.22. The first-order chi connectivity index (χ1) is 11.5. The smallest absolute Gasteiger partial charge is 0.328 e. The van der Waals surface area contributed by atoms with E-state index in [1.54, 1.807) is 18.2 Å². The van der Waals surface area contributed by atoms with Crippen LogP contribution in [0.3, 0.4) is 0 Å². The van der Waals surface area contributed by atoms with Gasteiger partial charge in [0.1, 0.15) is 6.04 Å². The molecular weight excluding hydrogens is 328 g/mol. The minimum Gasteiger partial charge on any atom is -0.467 e. The number of aryl methyl sites for hydroxylation is 1. The number of urea groups is 1. The highest BCUT2D eigenvalue weighted by Crippen LogP contribution is 2.20. The van der Waals surface area contributed by atoms with Crippen LogP contribution in [-0.4, -0.2) is 25.2 Å². The molecule has 0 aromatic heterocycles. The summed E-state index contributed by atoms with van der Waals surface area (Å²) in [7, 11) is 1.29. The van der Waals surface area contributed by atoms with Crippen LogP contribution in [0.15, 0.2) is 48.5 Å². The van der Waals surface area contributed by atoms with Gasteiger partial charge in [-0.15, -0.1) is 0 Å². The number of hydrogen-bond acceptors (Lipinski definition) is 3. The van der Waals surface area contributed by atoms with Crippen LogP contribution in [-0.2, 0) is 16.0 Å². The largest absolute Gasteiger partial charge is 0.467 e. The molecule has 2 amide bonds. The fraction of sp³-hybridized carbons (Fsp3) is 0.222. The Morgan fingerprint density at radius 1 is 1.17 bits per heavy atom. The lowest BCUT2D eigenvalue weighted by Gasteiger charge is -2.17. The van der Waals surface area contributed by atoms with E-state index in [9.17, 15) is 9.59 Å². The highest BCUT2D eigenvalue weighted by molar-refractivity contribution is 6.31. The molecule has 0 aliphatic carbocycles. The van der Waals surface area contributed by atoms with Gasteiger partial charge in [-0.3, -0.25) is 0 Å². The van der Waals surface area contributed by atoms with Gasteiger partial charge in [-0.2, -0.15) is 0 Å². The summed E-state index contributed by atoms with van der Waals surface area (Å²) >= 11 is 5.94. The van der Waals surface area contributed by atoms with Crippen LogP contribution >= 0.6 is 11.6 Å². The summed E-state index contributed by atoms with van der Waals surface area (Å²) < 4.78 is 4.78. The minimum absolute atomic E-state index is 0.343. The Kier molecular flexibility index (Phi) is 6.21. The Balaban J connectivity index is 2.07. The van der Waals surface area contributed by atoms with E-state index in [0.717, 1.165) is 11.1 Å². The summed E-state index contributed by atoms with van der Waals surface area (Å²) in [5.74, 6) is -0.503. The third kappa shape index (κ3) is 4.99. The first kappa shape index (κ1) is 17.8. The number of amides is 2.